The van der Waals surface area contributed by atoms with Crippen molar-refractivity contribution in [1.29, 1.82) is 0 Å². The lowest BCUT2D eigenvalue weighted by atomic mass is 9.84. The zero-order valence-electron chi connectivity index (χ0n) is 11.5. The van der Waals surface area contributed by atoms with Crippen LogP contribution >= 0.6 is 0 Å². The molecule has 19 heavy (non-hydrogen) atoms. The summed E-state index contributed by atoms with van der Waals surface area (Å²) in [6.45, 7) is 6.22. The van der Waals surface area contributed by atoms with Crippen molar-refractivity contribution in [3.8, 4) is 0 Å². The van der Waals surface area contributed by atoms with Crippen LogP contribution < -0.4 is 5.32 Å². The fraction of sp³-hybridized carbons (Fsp3) is 0.833. The zero-order valence-corrected chi connectivity index (χ0v) is 11.5. The van der Waals surface area contributed by atoms with Gasteiger partial charge in [0.2, 0.25) is 11.8 Å². The van der Waals surface area contributed by atoms with Crippen LogP contribution in [-0.2, 0) is 9.59 Å². The minimum atomic E-state index is -4.34. The number of rotatable bonds is 2. The molecule has 0 aromatic heterocycles. The third-order valence-corrected chi connectivity index (χ3v) is 3.17. The van der Waals surface area contributed by atoms with E-state index in [-0.39, 0.29) is 0 Å². The van der Waals surface area contributed by atoms with E-state index in [2.05, 4.69) is 5.32 Å². The average Bonchev–Trinajstić information content (AvgIpc) is 2.20. The molecular formula is C12H19F3N2O2. The minimum Gasteiger partial charge on any atom is -0.342 e. The topological polar surface area (TPSA) is 49.4 Å². The Labute approximate surface area is 110 Å². The van der Waals surface area contributed by atoms with E-state index in [0.717, 1.165) is 4.90 Å². The maximum Gasteiger partial charge on any atom is 0.390 e. The van der Waals surface area contributed by atoms with Crippen molar-refractivity contribution in [1.82, 2.24) is 10.2 Å². The lowest BCUT2D eigenvalue weighted by Crippen LogP contribution is -2.66. The van der Waals surface area contributed by atoms with Crippen molar-refractivity contribution in [2.75, 3.05) is 6.54 Å². The summed E-state index contributed by atoms with van der Waals surface area (Å²) in [5.41, 5.74) is -0.538. The van der Waals surface area contributed by atoms with E-state index < -0.39 is 48.5 Å². The quantitative estimate of drug-likeness (QED) is 0.837. The van der Waals surface area contributed by atoms with E-state index in [0.29, 0.717) is 0 Å². The van der Waals surface area contributed by atoms with E-state index in [1.165, 1.54) is 6.92 Å². The molecule has 2 amide bonds. The molecule has 1 saturated heterocycles. The van der Waals surface area contributed by atoms with E-state index >= 15 is 0 Å². The molecule has 1 rings (SSSR count). The second kappa shape index (κ2) is 5.02. The van der Waals surface area contributed by atoms with Crippen molar-refractivity contribution in [3.63, 3.8) is 0 Å². The maximum absolute atomic E-state index is 12.3. The Morgan fingerprint density at radius 1 is 1.21 bits per heavy atom. The highest BCUT2D eigenvalue weighted by atomic mass is 19.4. The van der Waals surface area contributed by atoms with Crippen LogP contribution in [-0.4, -0.2) is 41.5 Å². The van der Waals surface area contributed by atoms with Crippen LogP contribution in [0.5, 0.6) is 0 Å². The van der Waals surface area contributed by atoms with Crippen LogP contribution in [0.25, 0.3) is 0 Å². The number of nitrogens with zero attached hydrogens (tertiary/aromatic N) is 1. The number of amides is 2. The SMILES string of the molecule is CC1C(=O)NC(C(C)(C)C)C(=O)N1CCC(F)(F)F. The van der Waals surface area contributed by atoms with Crippen molar-refractivity contribution in [2.45, 2.75) is 52.4 Å². The van der Waals surface area contributed by atoms with Crippen LogP contribution in [0.3, 0.4) is 0 Å². The van der Waals surface area contributed by atoms with Gasteiger partial charge >= 0.3 is 6.18 Å². The molecule has 1 aliphatic rings. The third kappa shape index (κ3) is 3.84. The molecule has 1 N–H and O–H groups in total. The summed E-state index contributed by atoms with van der Waals surface area (Å²) < 4.78 is 36.8. The van der Waals surface area contributed by atoms with Crippen LogP contribution in [0.15, 0.2) is 0 Å². The Kier molecular flexibility index (Phi) is 4.17. The molecule has 2 atom stereocenters. The second-order valence-electron chi connectivity index (χ2n) is 5.88. The highest BCUT2D eigenvalue weighted by molar-refractivity contribution is 5.97. The van der Waals surface area contributed by atoms with Gasteiger partial charge in [0.15, 0.2) is 0 Å². The molecule has 0 radical (unpaired) electrons. The summed E-state index contributed by atoms with van der Waals surface area (Å²) in [6.07, 6.45) is -5.45. The van der Waals surface area contributed by atoms with Gasteiger partial charge in [-0.15, -0.1) is 0 Å². The van der Waals surface area contributed by atoms with Crippen molar-refractivity contribution < 1.29 is 22.8 Å². The zero-order chi connectivity index (χ0) is 15.0. The van der Waals surface area contributed by atoms with E-state index in [9.17, 15) is 22.8 Å². The van der Waals surface area contributed by atoms with E-state index in [1.807, 2.05) is 0 Å². The van der Waals surface area contributed by atoms with Gasteiger partial charge in [0.25, 0.3) is 0 Å². The molecule has 1 fully saturated rings. The summed E-state index contributed by atoms with van der Waals surface area (Å²) >= 11 is 0. The summed E-state index contributed by atoms with van der Waals surface area (Å²) in [7, 11) is 0. The van der Waals surface area contributed by atoms with E-state index in [4.69, 9.17) is 0 Å². The summed E-state index contributed by atoms with van der Waals surface area (Å²) in [5.74, 6) is -0.870. The predicted molar refractivity (Wildman–Crippen MR) is 63.2 cm³/mol. The molecule has 0 bridgehead atoms. The minimum absolute atomic E-state index is 0.415. The number of hydrogen-bond acceptors (Lipinski definition) is 2. The van der Waals surface area contributed by atoms with Gasteiger partial charge in [0.05, 0.1) is 6.42 Å². The molecule has 0 aromatic carbocycles. The van der Waals surface area contributed by atoms with Gasteiger partial charge in [-0.2, -0.15) is 13.2 Å². The van der Waals surface area contributed by atoms with Gasteiger partial charge in [-0.3, -0.25) is 9.59 Å². The Balaban J connectivity index is 2.88. The van der Waals surface area contributed by atoms with Crippen molar-refractivity contribution >= 4 is 11.8 Å². The van der Waals surface area contributed by atoms with Gasteiger partial charge in [0.1, 0.15) is 12.1 Å². The molecule has 1 aliphatic heterocycles. The number of carbonyl (C=O) groups is 2. The fourth-order valence-electron chi connectivity index (χ4n) is 1.96. The first kappa shape index (κ1) is 15.8. The number of piperazine rings is 1. The molecule has 110 valence electrons. The monoisotopic (exact) mass is 280 g/mol. The Morgan fingerprint density at radius 2 is 1.74 bits per heavy atom. The number of nitrogens with one attached hydrogen (secondary N) is 1. The van der Waals surface area contributed by atoms with Crippen LogP contribution in [0.1, 0.15) is 34.1 Å². The number of hydrogen-bond donors (Lipinski definition) is 1. The van der Waals surface area contributed by atoms with E-state index in [1.54, 1.807) is 20.8 Å². The largest absolute Gasteiger partial charge is 0.390 e. The number of halogens is 3. The molecule has 0 spiro atoms. The fourth-order valence-corrected chi connectivity index (χ4v) is 1.96. The molecule has 0 aromatic rings. The molecule has 0 aliphatic carbocycles. The molecule has 2 unspecified atom stereocenters. The van der Waals surface area contributed by atoms with Gasteiger partial charge in [-0.05, 0) is 12.3 Å². The molecule has 7 heteroatoms. The van der Waals surface area contributed by atoms with Gasteiger partial charge < -0.3 is 10.2 Å². The second-order valence-corrected chi connectivity index (χ2v) is 5.88. The summed E-state index contributed by atoms with van der Waals surface area (Å²) in [4.78, 5) is 25.0. The molecule has 4 nitrogen and oxygen atoms in total. The highest BCUT2D eigenvalue weighted by Gasteiger charge is 2.44. The first-order valence-corrected chi connectivity index (χ1v) is 6.11. The number of alkyl halides is 3. The average molecular weight is 280 g/mol. The summed E-state index contributed by atoms with van der Waals surface area (Å²) in [5, 5.41) is 2.57. The Bertz CT molecular complexity index is 374. The van der Waals surface area contributed by atoms with Gasteiger partial charge in [-0.1, -0.05) is 20.8 Å². The predicted octanol–water partition coefficient (Wildman–Crippen LogP) is 1.70. The lowest BCUT2D eigenvalue weighted by molar-refractivity contribution is -0.159. The molecular weight excluding hydrogens is 261 g/mol. The number of carbonyl (C=O) groups excluding carboxylic acids is 2. The highest BCUT2D eigenvalue weighted by Crippen LogP contribution is 2.27. The van der Waals surface area contributed by atoms with Crippen LogP contribution in [0.4, 0.5) is 13.2 Å². The van der Waals surface area contributed by atoms with Gasteiger partial charge in [-0.25, -0.2) is 0 Å². The maximum atomic E-state index is 12.3. The lowest BCUT2D eigenvalue weighted by Gasteiger charge is -2.42. The van der Waals surface area contributed by atoms with Crippen LogP contribution in [0, 0.1) is 5.41 Å². The standard InChI is InChI=1S/C12H19F3N2O2/c1-7-9(18)16-8(11(2,3)4)10(19)17(7)6-5-12(13,14)15/h7-8H,5-6H2,1-4H3,(H,16,18). The summed E-state index contributed by atoms with van der Waals surface area (Å²) in [6, 6.07) is -1.65. The first-order chi connectivity index (χ1) is 8.43. The molecule has 1 heterocycles. The third-order valence-electron chi connectivity index (χ3n) is 3.17. The van der Waals surface area contributed by atoms with Crippen molar-refractivity contribution in [2.24, 2.45) is 5.41 Å². The first-order valence-electron chi connectivity index (χ1n) is 6.11. The molecule has 0 saturated carbocycles. The smallest absolute Gasteiger partial charge is 0.342 e. The van der Waals surface area contributed by atoms with Crippen molar-refractivity contribution in [3.05, 3.63) is 0 Å². The Morgan fingerprint density at radius 3 is 2.16 bits per heavy atom. The van der Waals surface area contributed by atoms with Gasteiger partial charge in [0, 0.05) is 6.54 Å². The van der Waals surface area contributed by atoms with Crippen LogP contribution in [0.2, 0.25) is 0 Å². The normalized spacial score (nSPS) is 25.5. The Hall–Kier alpha value is -1.27.